The molecular formula is C16H27N3O3. The zero-order valence-corrected chi connectivity index (χ0v) is 13.9. The minimum atomic E-state index is -0.446. The van der Waals surface area contributed by atoms with Crippen LogP contribution in [0.5, 0.6) is 0 Å². The molecule has 124 valence electrons. The maximum atomic E-state index is 11.8. The van der Waals surface area contributed by atoms with E-state index in [1.807, 2.05) is 33.8 Å². The number of aromatic nitrogens is 1. The molecule has 1 aromatic heterocycles. The molecular weight excluding hydrogens is 282 g/mol. The number of hydrogen-bond acceptors (Lipinski definition) is 5. The fourth-order valence-corrected chi connectivity index (χ4v) is 2.66. The molecule has 2 rings (SSSR count). The van der Waals surface area contributed by atoms with Crippen LogP contribution < -0.4 is 10.6 Å². The fraction of sp³-hybridized carbons (Fsp3) is 0.750. The number of carbonyl (C=O) groups excluding carboxylic acids is 1. The highest BCUT2D eigenvalue weighted by Crippen LogP contribution is 2.20. The van der Waals surface area contributed by atoms with E-state index in [0.29, 0.717) is 12.6 Å². The molecule has 1 heterocycles. The zero-order chi connectivity index (χ0) is 16.2. The predicted molar refractivity (Wildman–Crippen MR) is 83.5 cm³/mol. The second-order valence-corrected chi connectivity index (χ2v) is 7.01. The summed E-state index contributed by atoms with van der Waals surface area (Å²) >= 11 is 0. The number of nitrogens with one attached hydrogen (secondary N) is 2. The smallest absolute Gasteiger partial charge is 0.407 e. The summed E-state index contributed by atoms with van der Waals surface area (Å²) in [5.41, 5.74) is 0.458. The van der Waals surface area contributed by atoms with Crippen LogP contribution in [0.25, 0.3) is 0 Å². The lowest BCUT2D eigenvalue weighted by molar-refractivity contribution is 0.0489. The van der Waals surface area contributed by atoms with Crippen molar-refractivity contribution >= 4 is 6.09 Å². The molecule has 0 radical (unpaired) electrons. The van der Waals surface area contributed by atoms with Crippen molar-refractivity contribution in [3.8, 4) is 0 Å². The summed E-state index contributed by atoms with van der Waals surface area (Å²) in [6.07, 6.45) is 3.68. The van der Waals surface area contributed by atoms with Crippen molar-refractivity contribution in [2.45, 2.75) is 77.6 Å². The second-order valence-electron chi connectivity index (χ2n) is 7.01. The van der Waals surface area contributed by atoms with Gasteiger partial charge in [-0.05, 0) is 53.4 Å². The Morgan fingerprint density at radius 1 is 1.32 bits per heavy atom. The van der Waals surface area contributed by atoms with Crippen LogP contribution in [0, 0.1) is 6.92 Å². The van der Waals surface area contributed by atoms with Crippen molar-refractivity contribution in [3.05, 3.63) is 17.5 Å². The largest absolute Gasteiger partial charge is 0.444 e. The highest BCUT2D eigenvalue weighted by Gasteiger charge is 2.24. The van der Waals surface area contributed by atoms with Gasteiger partial charge in [0.15, 0.2) is 5.76 Å². The first-order chi connectivity index (χ1) is 10.3. The maximum Gasteiger partial charge on any atom is 0.407 e. The normalized spacial score (nSPS) is 22.4. The maximum absolute atomic E-state index is 11.8. The number of hydrogen-bond donors (Lipinski definition) is 2. The number of ether oxygens (including phenoxy) is 1. The van der Waals surface area contributed by atoms with Crippen molar-refractivity contribution in [2.24, 2.45) is 0 Å². The Labute approximate surface area is 132 Å². The van der Waals surface area contributed by atoms with Gasteiger partial charge in [0.05, 0.1) is 12.2 Å². The third kappa shape index (κ3) is 5.67. The molecule has 0 unspecified atom stereocenters. The molecule has 1 amide bonds. The number of carbonyl (C=O) groups is 1. The molecule has 0 saturated heterocycles. The van der Waals surface area contributed by atoms with E-state index in [1.54, 1.807) is 0 Å². The van der Waals surface area contributed by atoms with Crippen molar-refractivity contribution in [3.63, 3.8) is 0 Å². The lowest BCUT2D eigenvalue weighted by Gasteiger charge is -2.30. The number of rotatable bonds is 4. The number of alkyl carbamates (subject to hydrolysis) is 1. The van der Waals surface area contributed by atoms with Crippen LogP contribution in [0.15, 0.2) is 10.6 Å². The van der Waals surface area contributed by atoms with Crippen LogP contribution >= 0.6 is 0 Å². The molecule has 1 aliphatic rings. The van der Waals surface area contributed by atoms with Gasteiger partial charge in [-0.15, -0.1) is 0 Å². The van der Waals surface area contributed by atoms with E-state index in [0.717, 1.165) is 37.1 Å². The Morgan fingerprint density at radius 2 is 1.95 bits per heavy atom. The molecule has 0 atom stereocenters. The first-order valence-electron chi connectivity index (χ1n) is 7.97. The molecule has 1 saturated carbocycles. The summed E-state index contributed by atoms with van der Waals surface area (Å²) in [4.78, 5) is 11.8. The molecule has 1 aromatic rings. The first kappa shape index (κ1) is 16.8. The van der Waals surface area contributed by atoms with Crippen LogP contribution in [0.3, 0.4) is 0 Å². The predicted octanol–water partition coefficient (Wildman–Crippen LogP) is 2.91. The van der Waals surface area contributed by atoms with Crippen molar-refractivity contribution in [2.75, 3.05) is 0 Å². The van der Waals surface area contributed by atoms with Crippen molar-refractivity contribution < 1.29 is 14.1 Å². The van der Waals surface area contributed by atoms with E-state index in [1.165, 1.54) is 0 Å². The monoisotopic (exact) mass is 309 g/mol. The standard InChI is InChI=1S/C16H27N3O3/c1-11-9-14(22-19-11)10-17-12-5-7-13(8-6-12)18-15(20)21-16(2,3)4/h9,12-13,17H,5-8,10H2,1-4H3,(H,18,20). The molecule has 1 aliphatic carbocycles. The summed E-state index contributed by atoms with van der Waals surface area (Å²) in [5, 5.41) is 10.3. The third-order valence-corrected chi connectivity index (χ3v) is 3.69. The van der Waals surface area contributed by atoms with E-state index < -0.39 is 5.60 Å². The zero-order valence-electron chi connectivity index (χ0n) is 13.9. The second kappa shape index (κ2) is 7.13. The SMILES string of the molecule is Cc1cc(CNC2CCC(NC(=O)OC(C)(C)C)CC2)on1. The molecule has 6 nitrogen and oxygen atoms in total. The summed E-state index contributed by atoms with van der Waals surface area (Å²) in [5.74, 6) is 0.867. The molecule has 0 spiro atoms. The van der Waals surface area contributed by atoms with Gasteiger partial charge < -0.3 is 19.9 Å². The molecule has 22 heavy (non-hydrogen) atoms. The van der Waals surface area contributed by atoms with Gasteiger partial charge >= 0.3 is 6.09 Å². The molecule has 1 fully saturated rings. The van der Waals surface area contributed by atoms with E-state index in [9.17, 15) is 4.79 Å². The van der Waals surface area contributed by atoms with Gasteiger partial charge in [0.2, 0.25) is 0 Å². The van der Waals surface area contributed by atoms with Crippen LogP contribution in [-0.4, -0.2) is 28.9 Å². The Kier molecular flexibility index (Phi) is 5.45. The first-order valence-corrected chi connectivity index (χ1v) is 7.97. The van der Waals surface area contributed by atoms with E-state index in [-0.39, 0.29) is 12.1 Å². The number of nitrogens with zero attached hydrogens (tertiary/aromatic N) is 1. The minimum absolute atomic E-state index is 0.209. The van der Waals surface area contributed by atoms with Gasteiger partial charge in [-0.1, -0.05) is 5.16 Å². The quantitative estimate of drug-likeness (QED) is 0.894. The fourth-order valence-electron chi connectivity index (χ4n) is 2.66. The van der Waals surface area contributed by atoms with Crippen LogP contribution in [-0.2, 0) is 11.3 Å². The van der Waals surface area contributed by atoms with E-state index >= 15 is 0 Å². The molecule has 0 aliphatic heterocycles. The minimum Gasteiger partial charge on any atom is -0.444 e. The Balaban J connectivity index is 1.66. The highest BCUT2D eigenvalue weighted by atomic mass is 16.6. The van der Waals surface area contributed by atoms with Crippen molar-refractivity contribution in [1.29, 1.82) is 0 Å². The molecule has 6 heteroatoms. The Bertz CT molecular complexity index is 485. The van der Waals surface area contributed by atoms with Gasteiger partial charge in [0.25, 0.3) is 0 Å². The average molecular weight is 309 g/mol. The van der Waals surface area contributed by atoms with Crippen LogP contribution in [0.2, 0.25) is 0 Å². The summed E-state index contributed by atoms with van der Waals surface area (Å²) < 4.78 is 10.5. The number of aryl methyl sites for hydroxylation is 1. The van der Waals surface area contributed by atoms with Crippen molar-refractivity contribution in [1.82, 2.24) is 15.8 Å². The van der Waals surface area contributed by atoms with Crippen LogP contribution in [0.1, 0.15) is 57.9 Å². The van der Waals surface area contributed by atoms with E-state index in [4.69, 9.17) is 9.26 Å². The summed E-state index contributed by atoms with van der Waals surface area (Å²) in [6.45, 7) is 8.24. The topological polar surface area (TPSA) is 76.4 Å². The lowest BCUT2D eigenvalue weighted by Crippen LogP contribution is -2.43. The number of amides is 1. The lowest BCUT2D eigenvalue weighted by atomic mass is 9.91. The summed E-state index contributed by atoms with van der Waals surface area (Å²) in [6, 6.07) is 2.62. The average Bonchev–Trinajstić information content (AvgIpc) is 2.81. The van der Waals surface area contributed by atoms with Gasteiger partial charge in [0.1, 0.15) is 5.60 Å². The Morgan fingerprint density at radius 3 is 2.50 bits per heavy atom. The highest BCUT2D eigenvalue weighted by molar-refractivity contribution is 5.68. The van der Waals surface area contributed by atoms with Crippen LogP contribution in [0.4, 0.5) is 4.79 Å². The summed E-state index contributed by atoms with van der Waals surface area (Å²) in [7, 11) is 0. The van der Waals surface area contributed by atoms with E-state index in [2.05, 4.69) is 15.8 Å². The third-order valence-electron chi connectivity index (χ3n) is 3.69. The van der Waals surface area contributed by atoms with Gasteiger partial charge in [0, 0.05) is 18.2 Å². The Hall–Kier alpha value is -1.56. The molecule has 2 N–H and O–H groups in total. The molecule has 0 bridgehead atoms. The van der Waals surface area contributed by atoms with Gasteiger partial charge in [-0.2, -0.15) is 0 Å². The van der Waals surface area contributed by atoms with Gasteiger partial charge in [-0.3, -0.25) is 0 Å². The molecule has 0 aromatic carbocycles. The van der Waals surface area contributed by atoms with Gasteiger partial charge in [-0.25, -0.2) is 4.79 Å².